The molecule has 1 amide bonds. The molecule has 0 spiro atoms. The number of anilines is 1. The lowest BCUT2D eigenvalue weighted by Gasteiger charge is -2.08. The van der Waals surface area contributed by atoms with E-state index >= 15 is 0 Å². The summed E-state index contributed by atoms with van der Waals surface area (Å²) in [7, 11) is -3.80. The molecule has 2 aromatic carbocycles. The van der Waals surface area contributed by atoms with Crippen LogP contribution in [0.1, 0.15) is 0 Å². The first-order valence-corrected chi connectivity index (χ1v) is 8.03. The summed E-state index contributed by atoms with van der Waals surface area (Å²) in [5.74, 6) is -0.995. The van der Waals surface area contributed by atoms with Gasteiger partial charge in [-0.2, -0.15) is 0 Å². The summed E-state index contributed by atoms with van der Waals surface area (Å²) < 4.78 is 38.8. The Morgan fingerprint density at radius 1 is 1.05 bits per heavy atom. The highest BCUT2D eigenvalue weighted by molar-refractivity contribution is 7.89. The first kappa shape index (κ1) is 16.4. The third-order valence-corrected chi connectivity index (χ3v) is 4.34. The van der Waals surface area contributed by atoms with Gasteiger partial charge in [0.05, 0.1) is 11.4 Å². The quantitative estimate of drug-likeness (QED) is 0.876. The molecule has 22 heavy (non-hydrogen) atoms. The molecule has 0 saturated carbocycles. The lowest BCUT2D eigenvalue weighted by molar-refractivity contribution is -0.115. The van der Waals surface area contributed by atoms with Crippen LogP contribution in [0.2, 0.25) is 5.02 Å². The van der Waals surface area contributed by atoms with Crippen LogP contribution in [0.5, 0.6) is 0 Å². The van der Waals surface area contributed by atoms with Crippen molar-refractivity contribution < 1.29 is 17.6 Å². The van der Waals surface area contributed by atoms with E-state index < -0.39 is 28.3 Å². The summed E-state index contributed by atoms with van der Waals surface area (Å²) in [5, 5.41) is 2.86. The molecule has 2 aromatic rings. The number of carbonyl (C=O) groups excluding carboxylic acids is 1. The van der Waals surface area contributed by atoms with Crippen LogP contribution in [0.25, 0.3) is 0 Å². The molecule has 0 aliphatic heterocycles. The smallest absolute Gasteiger partial charge is 0.241 e. The molecule has 0 atom stereocenters. The summed E-state index contributed by atoms with van der Waals surface area (Å²) in [6.07, 6.45) is 0. The van der Waals surface area contributed by atoms with Gasteiger partial charge in [0.25, 0.3) is 0 Å². The average Bonchev–Trinajstić information content (AvgIpc) is 2.48. The lowest BCUT2D eigenvalue weighted by Crippen LogP contribution is -2.32. The van der Waals surface area contributed by atoms with Crippen molar-refractivity contribution in [1.29, 1.82) is 0 Å². The fourth-order valence-corrected chi connectivity index (χ4v) is 2.70. The third kappa shape index (κ3) is 4.52. The second-order valence-corrected chi connectivity index (χ2v) is 6.54. The molecule has 0 fully saturated rings. The number of benzene rings is 2. The molecule has 116 valence electrons. The number of carbonyl (C=O) groups is 1. The molecule has 0 bridgehead atoms. The van der Waals surface area contributed by atoms with E-state index in [1.54, 1.807) is 0 Å². The molecule has 0 aliphatic rings. The van der Waals surface area contributed by atoms with Crippen molar-refractivity contribution in [3.8, 4) is 0 Å². The molecule has 5 nitrogen and oxygen atoms in total. The minimum absolute atomic E-state index is 0.00600. The number of halogens is 2. The first-order valence-electron chi connectivity index (χ1n) is 6.17. The van der Waals surface area contributed by atoms with Crippen molar-refractivity contribution in [2.45, 2.75) is 4.90 Å². The van der Waals surface area contributed by atoms with Gasteiger partial charge in [0.15, 0.2) is 0 Å². The van der Waals surface area contributed by atoms with Gasteiger partial charge in [-0.25, -0.2) is 17.5 Å². The molecule has 0 saturated heterocycles. The Labute approximate surface area is 132 Å². The van der Waals surface area contributed by atoms with Crippen molar-refractivity contribution >= 4 is 33.2 Å². The second kappa shape index (κ2) is 6.87. The summed E-state index contributed by atoms with van der Waals surface area (Å²) in [6.45, 7) is -0.442. The van der Waals surface area contributed by atoms with Crippen molar-refractivity contribution in [1.82, 2.24) is 4.72 Å². The standard InChI is InChI=1S/C14H12ClFN2O3S/c15-10-1-7-13(8-2-10)22(20,21)17-9-14(19)18-12-5-3-11(16)4-6-12/h1-8,17H,9H2,(H,18,19). The number of hydrogen-bond donors (Lipinski definition) is 2. The third-order valence-electron chi connectivity index (χ3n) is 2.67. The van der Waals surface area contributed by atoms with Gasteiger partial charge in [0, 0.05) is 10.7 Å². The van der Waals surface area contributed by atoms with E-state index in [4.69, 9.17) is 11.6 Å². The minimum atomic E-state index is -3.80. The van der Waals surface area contributed by atoms with E-state index in [1.807, 2.05) is 0 Å². The van der Waals surface area contributed by atoms with Gasteiger partial charge in [0.2, 0.25) is 15.9 Å². The number of nitrogens with one attached hydrogen (secondary N) is 2. The van der Waals surface area contributed by atoms with Crippen LogP contribution in [-0.2, 0) is 14.8 Å². The van der Waals surface area contributed by atoms with Crippen LogP contribution in [0.4, 0.5) is 10.1 Å². The number of sulfonamides is 1. The van der Waals surface area contributed by atoms with Crippen LogP contribution in [0.15, 0.2) is 53.4 Å². The van der Waals surface area contributed by atoms with Crippen molar-refractivity contribution in [2.24, 2.45) is 0 Å². The zero-order valence-electron chi connectivity index (χ0n) is 11.2. The Bertz CT molecular complexity index is 762. The predicted octanol–water partition coefficient (Wildman–Crippen LogP) is 2.40. The summed E-state index contributed by atoms with van der Waals surface area (Å²) in [6, 6.07) is 10.7. The maximum atomic E-state index is 12.7. The molecule has 2 rings (SSSR count). The highest BCUT2D eigenvalue weighted by Gasteiger charge is 2.15. The Hall–Kier alpha value is -1.96. The summed E-state index contributed by atoms with van der Waals surface area (Å²) in [5.41, 5.74) is 0.372. The zero-order valence-corrected chi connectivity index (χ0v) is 12.8. The van der Waals surface area contributed by atoms with Gasteiger partial charge in [-0.05, 0) is 48.5 Å². The molecular weight excluding hydrogens is 331 g/mol. The number of amides is 1. The van der Waals surface area contributed by atoms with Crippen molar-refractivity contribution in [3.05, 3.63) is 59.4 Å². The Morgan fingerprint density at radius 3 is 2.23 bits per heavy atom. The van der Waals surface area contributed by atoms with Gasteiger partial charge in [-0.1, -0.05) is 11.6 Å². The Balaban J connectivity index is 1.95. The summed E-state index contributed by atoms with van der Waals surface area (Å²) in [4.78, 5) is 11.7. The highest BCUT2D eigenvalue weighted by atomic mass is 35.5. The normalized spacial score (nSPS) is 11.2. The van der Waals surface area contributed by atoms with Crippen molar-refractivity contribution in [2.75, 3.05) is 11.9 Å². The number of rotatable bonds is 5. The van der Waals surface area contributed by atoms with Crippen LogP contribution in [-0.4, -0.2) is 20.9 Å². The van der Waals surface area contributed by atoms with Crippen LogP contribution in [0.3, 0.4) is 0 Å². The topological polar surface area (TPSA) is 75.3 Å². The molecule has 0 unspecified atom stereocenters. The van der Waals surface area contributed by atoms with Crippen molar-refractivity contribution in [3.63, 3.8) is 0 Å². The van der Waals surface area contributed by atoms with E-state index in [9.17, 15) is 17.6 Å². The largest absolute Gasteiger partial charge is 0.325 e. The molecule has 0 heterocycles. The van der Waals surface area contributed by atoms with Gasteiger partial charge >= 0.3 is 0 Å². The maximum Gasteiger partial charge on any atom is 0.241 e. The second-order valence-electron chi connectivity index (χ2n) is 4.33. The molecule has 8 heteroatoms. The van der Waals surface area contributed by atoms with Crippen LogP contribution >= 0.6 is 11.6 Å². The van der Waals surface area contributed by atoms with E-state index in [0.717, 1.165) is 0 Å². The molecule has 2 N–H and O–H groups in total. The van der Waals surface area contributed by atoms with Crippen LogP contribution in [0, 0.1) is 5.82 Å². The van der Waals surface area contributed by atoms with Gasteiger partial charge in [-0.3, -0.25) is 4.79 Å². The molecule has 0 aliphatic carbocycles. The van der Waals surface area contributed by atoms with E-state index in [2.05, 4.69) is 10.0 Å². The average molecular weight is 343 g/mol. The van der Waals surface area contributed by atoms with Crippen LogP contribution < -0.4 is 10.0 Å². The fourth-order valence-electron chi connectivity index (χ4n) is 1.60. The molecule has 0 radical (unpaired) electrons. The lowest BCUT2D eigenvalue weighted by atomic mass is 10.3. The molecule has 0 aromatic heterocycles. The van der Waals surface area contributed by atoms with Gasteiger partial charge in [-0.15, -0.1) is 0 Å². The monoisotopic (exact) mass is 342 g/mol. The molecular formula is C14H12ClFN2O3S. The van der Waals surface area contributed by atoms with Gasteiger partial charge < -0.3 is 5.32 Å². The Kier molecular flexibility index (Phi) is 5.12. The maximum absolute atomic E-state index is 12.7. The van der Waals surface area contributed by atoms with E-state index in [1.165, 1.54) is 48.5 Å². The SMILES string of the molecule is O=C(CNS(=O)(=O)c1ccc(Cl)cc1)Nc1ccc(F)cc1. The summed E-state index contributed by atoms with van der Waals surface area (Å²) >= 11 is 5.68. The number of hydrogen-bond acceptors (Lipinski definition) is 3. The Morgan fingerprint density at radius 2 is 1.64 bits per heavy atom. The highest BCUT2D eigenvalue weighted by Crippen LogP contribution is 2.13. The van der Waals surface area contributed by atoms with E-state index in [0.29, 0.717) is 10.7 Å². The van der Waals surface area contributed by atoms with Gasteiger partial charge in [0.1, 0.15) is 5.82 Å². The predicted molar refractivity (Wildman–Crippen MR) is 81.7 cm³/mol. The zero-order chi connectivity index (χ0) is 16.2. The first-order chi connectivity index (χ1) is 10.4. The van der Waals surface area contributed by atoms with E-state index in [-0.39, 0.29) is 4.90 Å². The minimum Gasteiger partial charge on any atom is -0.325 e. The fraction of sp³-hybridized carbons (Fsp3) is 0.0714.